The Morgan fingerprint density at radius 2 is 1.74 bits per heavy atom. The Balaban J connectivity index is 2.43. The van der Waals surface area contributed by atoms with Gasteiger partial charge in [0.1, 0.15) is 5.78 Å². The van der Waals surface area contributed by atoms with Crippen molar-refractivity contribution in [3.63, 3.8) is 0 Å². The molecule has 0 spiro atoms. The van der Waals surface area contributed by atoms with Crippen molar-refractivity contribution in [2.75, 3.05) is 14.1 Å². The van der Waals surface area contributed by atoms with E-state index in [1.807, 2.05) is 6.92 Å². The van der Waals surface area contributed by atoms with E-state index < -0.39 is 29.2 Å². The number of Topliss-reactive ketones (excluding diaryl/α,β-unsaturated/α-hetero) is 1. The van der Waals surface area contributed by atoms with E-state index in [-0.39, 0.29) is 18.2 Å². The maximum Gasteiger partial charge on any atom is 0.330 e. The summed E-state index contributed by atoms with van der Waals surface area (Å²) in [5.41, 5.74) is -2.26. The molecule has 2 aliphatic rings. The standard InChI is InChI=1S/C15H24N4O4/c1-7-8-10(20)9(2)11(21)19-13(23)18(6)15(4)14(19,3)16-12(22)17(15)5/h9H,7-8H2,1-6H3,(H,16,22)/t9-,14-,15+/m1/s1. The molecule has 1 N–H and O–H groups in total. The third-order valence-electron chi connectivity index (χ3n) is 5.38. The van der Waals surface area contributed by atoms with Crippen molar-refractivity contribution in [1.29, 1.82) is 0 Å². The van der Waals surface area contributed by atoms with Crippen LogP contribution in [0.5, 0.6) is 0 Å². The smallest absolute Gasteiger partial charge is 0.311 e. The Labute approximate surface area is 135 Å². The minimum Gasteiger partial charge on any atom is -0.311 e. The van der Waals surface area contributed by atoms with Gasteiger partial charge in [0.25, 0.3) is 0 Å². The maximum absolute atomic E-state index is 12.8. The number of hydrogen-bond donors (Lipinski definition) is 1. The minimum atomic E-state index is -1.23. The van der Waals surface area contributed by atoms with Crippen LogP contribution in [0.25, 0.3) is 0 Å². The van der Waals surface area contributed by atoms with E-state index in [0.29, 0.717) is 6.42 Å². The Morgan fingerprint density at radius 3 is 2.26 bits per heavy atom. The van der Waals surface area contributed by atoms with Gasteiger partial charge < -0.3 is 15.1 Å². The summed E-state index contributed by atoms with van der Waals surface area (Å²) in [5.74, 6) is -1.71. The van der Waals surface area contributed by atoms with Gasteiger partial charge in [-0.2, -0.15) is 0 Å². The molecule has 2 aliphatic heterocycles. The van der Waals surface area contributed by atoms with Crippen molar-refractivity contribution in [1.82, 2.24) is 20.0 Å². The third-order valence-corrected chi connectivity index (χ3v) is 5.38. The molecule has 2 heterocycles. The van der Waals surface area contributed by atoms with Gasteiger partial charge in [-0.05, 0) is 27.2 Å². The predicted molar refractivity (Wildman–Crippen MR) is 82.2 cm³/mol. The monoisotopic (exact) mass is 324 g/mol. The van der Waals surface area contributed by atoms with Gasteiger partial charge in [-0.3, -0.25) is 9.59 Å². The molecule has 0 unspecified atom stereocenters. The van der Waals surface area contributed by atoms with Gasteiger partial charge in [0.05, 0.1) is 5.92 Å². The molecule has 3 atom stereocenters. The van der Waals surface area contributed by atoms with Gasteiger partial charge in [-0.15, -0.1) is 0 Å². The lowest BCUT2D eigenvalue weighted by molar-refractivity contribution is -0.142. The highest BCUT2D eigenvalue weighted by Crippen LogP contribution is 2.45. The maximum atomic E-state index is 12.8. The summed E-state index contributed by atoms with van der Waals surface area (Å²) in [6, 6.07) is -0.900. The van der Waals surface area contributed by atoms with E-state index >= 15 is 0 Å². The Hall–Kier alpha value is -2.12. The number of hydrogen-bond acceptors (Lipinski definition) is 4. The molecule has 2 fully saturated rings. The molecule has 2 rings (SSSR count). The number of imide groups is 1. The first-order chi connectivity index (χ1) is 10.5. The summed E-state index contributed by atoms with van der Waals surface area (Å²) >= 11 is 0. The van der Waals surface area contributed by atoms with Crippen molar-refractivity contribution in [3.8, 4) is 0 Å². The van der Waals surface area contributed by atoms with Crippen molar-refractivity contribution >= 4 is 23.8 Å². The minimum absolute atomic E-state index is 0.206. The summed E-state index contributed by atoms with van der Waals surface area (Å²) in [7, 11) is 3.12. The Bertz CT molecular complexity index is 592. The fourth-order valence-electron chi connectivity index (χ4n) is 3.39. The van der Waals surface area contributed by atoms with Crippen LogP contribution in [0, 0.1) is 5.92 Å². The lowest BCUT2D eigenvalue weighted by atomic mass is 9.94. The van der Waals surface area contributed by atoms with Crippen LogP contribution in [0.3, 0.4) is 0 Å². The Kier molecular flexibility index (Phi) is 3.90. The predicted octanol–water partition coefficient (Wildman–Crippen LogP) is 0.973. The second kappa shape index (κ2) is 5.21. The normalized spacial score (nSPS) is 31.3. The van der Waals surface area contributed by atoms with E-state index in [1.54, 1.807) is 27.9 Å². The van der Waals surface area contributed by atoms with Crippen molar-refractivity contribution in [2.24, 2.45) is 5.92 Å². The largest absolute Gasteiger partial charge is 0.330 e. The molecule has 0 aromatic heterocycles. The molecule has 8 nitrogen and oxygen atoms in total. The quantitative estimate of drug-likeness (QED) is 0.780. The van der Waals surface area contributed by atoms with Crippen LogP contribution in [-0.2, 0) is 9.59 Å². The zero-order valence-corrected chi connectivity index (χ0v) is 14.5. The van der Waals surface area contributed by atoms with Gasteiger partial charge in [0.15, 0.2) is 11.3 Å². The van der Waals surface area contributed by atoms with Crippen LogP contribution >= 0.6 is 0 Å². The van der Waals surface area contributed by atoms with Crippen LogP contribution in [-0.4, -0.2) is 63.9 Å². The molecule has 2 saturated heterocycles. The van der Waals surface area contributed by atoms with Gasteiger partial charge in [-0.25, -0.2) is 14.5 Å². The average Bonchev–Trinajstić information content (AvgIpc) is 2.75. The molecule has 0 saturated carbocycles. The molecule has 0 aliphatic carbocycles. The van der Waals surface area contributed by atoms with Gasteiger partial charge in [0, 0.05) is 20.5 Å². The van der Waals surface area contributed by atoms with Crippen molar-refractivity contribution in [3.05, 3.63) is 0 Å². The second-order valence-corrected chi connectivity index (χ2v) is 6.54. The van der Waals surface area contributed by atoms with Gasteiger partial charge in [0.2, 0.25) is 5.91 Å². The molecule has 8 heteroatoms. The third kappa shape index (κ3) is 1.96. The van der Waals surface area contributed by atoms with E-state index in [4.69, 9.17) is 0 Å². The number of carbonyl (C=O) groups is 4. The highest BCUT2D eigenvalue weighted by Gasteiger charge is 2.71. The zero-order valence-electron chi connectivity index (χ0n) is 14.5. The molecular weight excluding hydrogens is 300 g/mol. The first-order valence-electron chi connectivity index (χ1n) is 7.74. The van der Waals surface area contributed by atoms with E-state index in [2.05, 4.69) is 5.32 Å². The van der Waals surface area contributed by atoms with E-state index in [1.165, 1.54) is 16.7 Å². The molecule has 23 heavy (non-hydrogen) atoms. The molecule has 128 valence electrons. The molecule has 0 aromatic carbocycles. The van der Waals surface area contributed by atoms with Crippen molar-refractivity contribution in [2.45, 2.75) is 51.9 Å². The summed E-state index contributed by atoms with van der Waals surface area (Å²) in [6.45, 7) is 6.71. The van der Waals surface area contributed by atoms with Crippen LogP contribution in [0.1, 0.15) is 40.5 Å². The first kappa shape index (κ1) is 17.2. The number of ketones is 1. The summed E-state index contributed by atoms with van der Waals surface area (Å²) in [4.78, 5) is 53.4. The van der Waals surface area contributed by atoms with E-state index in [0.717, 1.165) is 4.90 Å². The van der Waals surface area contributed by atoms with E-state index in [9.17, 15) is 19.2 Å². The molecule has 0 aromatic rings. The number of urea groups is 2. The lowest BCUT2D eigenvalue weighted by Gasteiger charge is -2.41. The highest BCUT2D eigenvalue weighted by atomic mass is 16.2. The molecular formula is C15H24N4O4. The number of amides is 5. The average molecular weight is 324 g/mol. The zero-order chi connectivity index (χ0) is 17.7. The molecule has 0 bridgehead atoms. The lowest BCUT2D eigenvalue weighted by Crippen LogP contribution is -2.64. The second-order valence-electron chi connectivity index (χ2n) is 6.54. The Morgan fingerprint density at radius 1 is 1.17 bits per heavy atom. The fraction of sp³-hybridized carbons (Fsp3) is 0.733. The highest BCUT2D eigenvalue weighted by molar-refractivity contribution is 6.09. The number of nitrogens with one attached hydrogen (secondary N) is 1. The van der Waals surface area contributed by atoms with Crippen molar-refractivity contribution < 1.29 is 19.2 Å². The fourth-order valence-corrected chi connectivity index (χ4v) is 3.39. The summed E-state index contributed by atoms with van der Waals surface area (Å²) < 4.78 is 0. The van der Waals surface area contributed by atoms with Crippen LogP contribution in [0.2, 0.25) is 0 Å². The van der Waals surface area contributed by atoms with Gasteiger partial charge >= 0.3 is 12.1 Å². The number of carbonyl (C=O) groups excluding carboxylic acids is 4. The number of fused-ring (bicyclic) bond motifs is 1. The topological polar surface area (TPSA) is 90.0 Å². The van der Waals surface area contributed by atoms with Gasteiger partial charge in [-0.1, -0.05) is 6.92 Å². The van der Waals surface area contributed by atoms with Crippen LogP contribution in [0.4, 0.5) is 9.59 Å². The SMILES string of the molecule is CCCC(=O)[C@@H](C)C(=O)N1C(=O)N(C)[C@]2(C)N(C)C(=O)N[C@]12C. The number of likely N-dealkylation sites (N-methyl/N-ethyl adjacent to an activating group) is 2. The molecule has 0 radical (unpaired) electrons. The first-order valence-corrected chi connectivity index (χ1v) is 7.74. The number of rotatable bonds is 4. The summed E-state index contributed by atoms with van der Waals surface area (Å²) in [5, 5.41) is 2.72. The molecule has 5 amide bonds. The summed E-state index contributed by atoms with van der Waals surface area (Å²) in [6.07, 6.45) is 0.920. The number of nitrogens with zero attached hydrogens (tertiary/aromatic N) is 3. The van der Waals surface area contributed by atoms with Crippen LogP contribution < -0.4 is 5.32 Å². The van der Waals surface area contributed by atoms with Crippen LogP contribution in [0.15, 0.2) is 0 Å².